The van der Waals surface area contributed by atoms with Gasteiger partial charge in [-0.25, -0.2) is 9.78 Å². The molecule has 0 aliphatic carbocycles. The summed E-state index contributed by atoms with van der Waals surface area (Å²) in [5.41, 5.74) is 1.85. The van der Waals surface area contributed by atoms with Gasteiger partial charge in [-0.05, 0) is 51.8 Å². The fourth-order valence-corrected chi connectivity index (χ4v) is 3.55. The second kappa shape index (κ2) is 8.09. The quantitative estimate of drug-likeness (QED) is 0.779. The van der Waals surface area contributed by atoms with Crippen LogP contribution in [-0.4, -0.2) is 35.2 Å². The van der Waals surface area contributed by atoms with E-state index in [9.17, 15) is 4.79 Å². The number of amides is 1. The van der Waals surface area contributed by atoms with Gasteiger partial charge < -0.3 is 4.74 Å². The van der Waals surface area contributed by atoms with E-state index >= 15 is 0 Å². The number of likely N-dealkylation sites (tertiary alicyclic amines) is 1. The fraction of sp³-hybridized carbons (Fsp3) is 0.455. The van der Waals surface area contributed by atoms with Crippen LogP contribution in [0.15, 0.2) is 48.7 Å². The normalized spacial score (nSPS) is 17.7. The van der Waals surface area contributed by atoms with Crippen molar-refractivity contribution in [1.29, 1.82) is 0 Å². The SMILES string of the molecule is CN(C(=O)OC(C)(C)C)c1ncccc1[C@@H]1CCCN1Cc1ccccc1. The third kappa shape index (κ3) is 4.86. The Labute approximate surface area is 162 Å². The fourth-order valence-electron chi connectivity index (χ4n) is 3.55. The third-order valence-corrected chi connectivity index (χ3v) is 4.75. The lowest BCUT2D eigenvalue weighted by Gasteiger charge is -2.29. The van der Waals surface area contributed by atoms with Crippen LogP contribution in [0.4, 0.5) is 10.6 Å². The van der Waals surface area contributed by atoms with Gasteiger partial charge in [0.2, 0.25) is 0 Å². The van der Waals surface area contributed by atoms with Crippen LogP contribution in [-0.2, 0) is 11.3 Å². The van der Waals surface area contributed by atoms with E-state index < -0.39 is 5.60 Å². The van der Waals surface area contributed by atoms with Gasteiger partial charge in [0.05, 0.1) is 0 Å². The minimum Gasteiger partial charge on any atom is -0.443 e. The number of ether oxygens (including phenoxy) is 1. The molecule has 2 aromatic rings. The minimum absolute atomic E-state index is 0.249. The molecule has 27 heavy (non-hydrogen) atoms. The van der Waals surface area contributed by atoms with Crippen molar-refractivity contribution in [1.82, 2.24) is 9.88 Å². The molecule has 1 amide bonds. The number of benzene rings is 1. The van der Waals surface area contributed by atoms with Crippen molar-refractivity contribution in [2.75, 3.05) is 18.5 Å². The largest absolute Gasteiger partial charge is 0.443 e. The Balaban J connectivity index is 1.83. The first-order valence-electron chi connectivity index (χ1n) is 9.55. The first kappa shape index (κ1) is 19.4. The molecule has 0 saturated carbocycles. The first-order valence-corrected chi connectivity index (χ1v) is 9.55. The lowest BCUT2D eigenvalue weighted by Crippen LogP contribution is -2.35. The summed E-state index contributed by atoms with van der Waals surface area (Å²) < 4.78 is 5.53. The summed E-state index contributed by atoms with van der Waals surface area (Å²) in [4.78, 5) is 21.1. The van der Waals surface area contributed by atoms with Gasteiger partial charge in [-0.15, -0.1) is 0 Å². The number of rotatable bonds is 4. The Bertz CT molecular complexity index is 771. The molecule has 1 aliphatic rings. The third-order valence-electron chi connectivity index (χ3n) is 4.75. The maximum absolute atomic E-state index is 12.5. The molecule has 2 heterocycles. The standard InChI is InChI=1S/C22H29N3O2/c1-22(2,3)27-21(26)24(4)20-18(12-8-14-23-20)19-13-9-15-25(19)16-17-10-6-5-7-11-17/h5-8,10-12,14,19H,9,13,15-16H2,1-4H3/t19-/m0/s1. The zero-order valence-corrected chi connectivity index (χ0v) is 16.7. The van der Waals surface area contributed by atoms with Gasteiger partial charge in [0.25, 0.3) is 0 Å². The van der Waals surface area contributed by atoms with E-state index in [-0.39, 0.29) is 12.1 Å². The van der Waals surface area contributed by atoms with Crippen molar-refractivity contribution in [3.05, 3.63) is 59.8 Å². The zero-order chi connectivity index (χ0) is 19.4. The number of carbonyl (C=O) groups excluding carboxylic acids is 1. The number of carbonyl (C=O) groups is 1. The van der Waals surface area contributed by atoms with Crippen LogP contribution in [0.1, 0.15) is 50.8 Å². The van der Waals surface area contributed by atoms with Gasteiger partial charge in [-0.1, -0.05) is 36.4 Å². The number of aromatic nitrogens is 1. The van der Waals surface area contributed by atoms with Crippen LogP contribution in [0.3, 0.4) is 0 Å². The van der Waals surface area contributed by atoms with Gasteiger partial charge >= 0.3 is 6.09 Å². The van der Waals surface area contributed by atoms with Crippen molar-refractivity contribution in [3.8, 4) is 0 Å². The summed E-state index contributed by atoms with van der Waals surface area (Å²) in [6.45, 7) is 7.56. The Morgan fingerprint density at radius 1 is 1.22 bits per heavy atom. The smallest absolute Gasteiger partial charge is 0.415 e. The number of hydrogen-bond donors (Lipinski definition) is 0. The predicted octanol–water partition coefficient (Wildman–Crippen LogP) is 4.79. The maximum atomic E-state index is 12.5. The van der Waals surface area contributed by atoms with Gasteiger partial charge in [0.15, 0.2) is 0 Å². The molecule has 5 heteroatoms. The molecule has 1 fully saturated rings. The van der Waals surface area contributed by atoms with Crippen molar-refractivity contribution in [2.24, 2.45) is 0 Å². The highest BCUT2D eigenvalue weighted by molar-refractivity contribution is 5.87. The van der Waals surface area contributed by atoms with Crippen molar-refractivity contribution >= 4 is 11.9 Å². The van der Waals surface area contributed by atoms with Crippen LogP contribution in [0.5, 0.6) is 0 Å². The highest BCUT2D eigenvalue weighted by Gasteiger charge is 2.31. The van der Waals surface area contributed by atoms with Gasteiger partial charge in [-0.3, -0.25) is 9.80 Å². The molecule has 1 saturated heterocycles. The molecule has 0 N–H and O–H groups in total. The lowest BCUT2D eigenvalue weighted by molar-refractivity contribution is 0.0587. The average Bonchev–Trinajstić information content (AvgIpc) is 3.08. The molecular formula is C22H29N3O2. The summed E-state index contributed by atoms with van der Waals surface area (Å²) in [5.74, 6) is 0.678. The van der Waals surface area contributed by atoms with E-state index in [0.717, 1.165) is 31.5 Å². The average molecular weight is 367 g/mol. The lowest BCUT2D eigenvalue weighted by atomic mass is 10.0. The molecule has 144 valence electrons. The number of anilines is 1. The van der Waals surface area contributed by atoms with Crippen molar-refractivity contribution < 1.29 is 9.53 Å². The van der Waals surface area contributed by atoms with Crippen LogP contribution >= 0.6 is 0 Å². The van der Waals surface area contributed by atoms with Crippen LogP contribution in [0.2, 0.25) is 0 Å². The van der Waals surface area contributed by atoms with E-state index in [1.165, 1.54) is 10.5 Å². The number of hydrogen-bond acceptors (Lipinski definition) is 4. The first-order chi connectivity index (χ1) is 12.8. The Hall–Kier alpha value is -2.40. The van der Waals surface area contributed by atoms with Crippen LogP contribution in [0, 0.1) is 0 Å². The summed E-state index contributed by atoms with van der Waals surface area (Å²) in [7, 11) is 1.73. The molecule has 1 aromatic heterocycles. The second-order valence-corrected chi connectivity index (χ2v) is 8.07. The van der Waals surface area contributed by atoms with E-state index in [1.54, 1.807) is 13.2 Å². The Morgan fingerprint density at radius 3 is 2.67 bits per heavy atom. The highest BCUT2D eigenvalue weighted by atomic mass is 16.6. The van der Waals surface area contributed by atoms with Crippen molar-refractivity contribution in [3.63, 3.8) is 0 Å². The summed E-state index contributed by atoms with van der Waals surface area (Å²) in [6.07, 6.45) is 3.56. The number of pyridine rings is 1. The van der Waals surface area contributed by atoms with Gasteiger partial charge in [-0.2, -0.15) is 0 Å². The topological polar surface area (TPSA) is 45.7 Å². The highest BCUT2D eigenvalue weighted by Crippen LogP contribution is 2.37. The molecular weight excluding hydrogens is 338 g/mol. The van der Waals surface area contributed by atoms with E-state index in [1.807, 2.05) is 32.9 Å². The molecule has 3 rings (SSSR count). The van der Waals surface area contributed by atoms with E-state index in [4.69, 9.17) is 4.74 Å². The monoisotopic (exact) mass is 367 g/mol. The molecule has 1 aromatic carbocycles. The summed E-state index contributed by atoms with van der Waals surface area (Å²) in [5, 5.41) is 0. The molecule has 0 bridgehead atoms. The molecule has 0 spiro atoms. The number of nitrogens with zero attached hydrogens (tertiary/aromatic N) is 3. The predicted molar refractivity (Wildman–Crippen MR) is 108 cm³/mol. The van der Waals surface area contributed by atoms with Gasteiger partial charge in [0, 0.05) is 31.4 Å². The zero-order valence-electron chi connectivity index (χ0n) is 16.7. The summed E-state index contributed by atoms with van der Waals surface area (Å²) in [6, 6.07) is 14.8. The minimum atomic E-state index is -0.535. The second-order valence-electron chi connectivity index (χ2n) is 8.07. The molecule has 5 nitrogen and oxygen atoms in total. The molecule has 1 atom stereocenters. The molecule has 0 radical (unpaired) electrons. The van der Waals surface area contributed by atoms with Crippen molar-refractivity contribution in [2.45, 2.75) is 51.8 Å². The molecule has 0 unspecified atom stereocenters. The Morgan fingerprint density at radius 2 is 1.96 bits per heavy atom. The molecule has 1 aliphatic heterocycles. The summed E-state index contributed by atoms with van der Waals surface area (Å²) >= 11 is 0. The van der Waals surface area contributed by atoms with Crippen LogP contribution in [0.25, 0.3) is 0 Å². The van der Waals surface area contributed by atoms with Gasteiger partial charge in [0.1, 0.15) is 11.4 Å². The van der Waals surface area contributed by atoms with E-state index in [2.05, 4.69) is 40.2 Å². The Kier molecular flexibility index (Phi) is 5.80. The van der Waals surface area contributed by atoms with E-state index in [0.29, 0.717) is 5.82 Å². The maximum Gasteiger partial charge on any atom is 0.415 e. The van der Waals surface area contributed by atoms with Crippen LogP contribution < -0.4 is 4.90 Å².